The van der Waals surface area contributed by atoms with Crippen molar-refractivity contribution in [3.63, 3.8) is 0 Å². The number of aromatic nitrogens is 1. The van der Waals surface area contributed by atoms with Gasteiger partial charge in [0, 0.05) is 17.7 Å². The summed E-state index contributed by atoms with van der Waals surface area (Å²) in [6.07, 6.45) is 0. The Bertz CT molecular complexity index is 657. The Labute approximate surface area is 141 Å². The third-order valence-electron chi connectivity index (χ3n) is 3.32. The van der Waals surface area contributed by atoms with Gasteiger partial charge in [0.25, 0.3) is 0 Å². The van der Waals surface area contributed by atoms with Crippen LogP contribution < -0.4 is 5.32 Å². The zero-order valence-electron chi connectivity index (χ0n) is 12.6. The normalized spacial score (nSPS) is 10.3. The van der Waals surface area contributed by atoms with Crippen LogP contribution in [0.4, 0.5) is 0 Å². The van der Waals surface area contributed by atoms with Crippen molar-refractivity contribution in [1.82, 2.24) is 10.3 Å². The standard InChI is InChI=1S/C18H18N2O2.ClH/c21-12-11-19-13-16-20-17(14-7-3-1-4-8-14)18(22-16)15-9-5-2-6-10-15;/h1-10,19,21H,11-13H2;1H. The van der Waals surface area contributed by atoms with E-state index in [0.29, 0.717) is 19.0 Å². The predicted octanol–water partition coefficient (Wildman–Crippen LogP) is 3.51. The molecule has 3 rings (SSSR count). The molecule has 23 heavy (non-hydrogen) atoms. The summed E-state index contributed by atoms with van der Waals surface area (Å²) in [5.41, 5.74) is 2.87. The molecule has 120 valence electrons. The van der Waals surface area contributed by atoms with Gasteiger partial charge in [-0.3, -0.25) is 0 Å². The smallest absolute Gasteiger partial charge is 0.209 e. The van der Waals surface area contributed by atoms with E-state index >= 15 is 0 Å². The van der Waals surface area contributed by atoms with Gasteiger partial charge in [-0.2, -0.15) is 0 Å². The Kier molecular flexibility index (Phi) is 6.35. The Hall–Kier alpha value is -2.14. The molecule has 0 saturated carbocycles. The van der Waals surface area contributed by atoms with E-state index in [4.69, 9.17) is 9.52 Å². The van der Waals surface area contributed by atoms with Crippen molar-refractivity contribution < 1.29 is 9.52 Å². The third-order valence-corrected chi connectivity index (χ3v) is 3.32. The molecule has 0 amide bonds. The molecule has 2 aromatic carbocycles. The molecule has 0 spiro atoms. The monoisotopic (exact) mass is 330 g/mol. The largest absolute Gasteiger partial charge is 0.439 e. The molecule has 0 aliphatic rings. The minimum Gasteiger partial charge on any atom is -0.439 e. The molecule has 5 heteroatoms. The van der Waals surface area contributed by atoms with E-state index in [1.807, 2.05) is 60.7 Å². The number of aliphatic hydroxyl groups is 1. The average Bonchev–Trinajstić information content (AvgIpc) is 3.01. The van der Waals surface area contributed by atoms with E-state index in [1.165, 1.54) is 0 Å². The predicted molar refractivity (Wildman–Crippen MR) is 93.4 cm³/mol. The number of halogens is 1. The fraction of sp³-hybridized carbons (Fsp3) is 0.167. The molecule has 0 radical (unpaired) electrons. The summed E-state index contributed by atoms with van der Waals surface area (Å²) < 4.78 is 5.95. The number of hydrogen-bond donors (Lipinski definition) is 2. The van der Waals surface area contributed by atoms with Crippen LogP contribution in [0.15, 0.2) is 65.1 Å². The number of aliphatic hydroxyl groups excluding tert-OH is 1. The first-order valence-electron chi connectivity index (χ1n) is 7.30. The Balaban J connectivity index is 0.00000192. The minimum absolute atomic E-state index is 0. The van der Waals surface area contributed by atoms with Gasteiger partial charge in [-0.05, 0) is 0 Å². The van der Waals surface area contributed by atoms with Gasteiger partial charge < -0.3 is 14.8 Å². The van der Waals surface area contributed by atoms with Gasteiger partial charge in [0.05, 0.1) is 13.2 Å². The molecule has 3 aromatic rings. The van der Waals surface area contributed by atoms with Gasteiger partial charge in [-0.1, -0.05) is 60.7 Å². The van der Waals surface area contributed by atoms with Crippen molar-refractivity contribution in [2.24, 2.45) is 0 Å². The van der Waals surface area contributed by atoms with Gasteiger partial charge in [-0.25, -0.2) is 4.98 Å². The highest BCUT2D eigenvalue weighted by atomic mass is 35.5. The van der Waals surface area contributed by atoms with Crippen LogP contribution >= 0.6 is 12.4 Å². The number of benzene rings is 2. The van der Waals surface area contributed by atoms with Crippen LogP contribution in [0.5, 0.6) is 0 Å². The molecule has 0 bridgehead atoms. The fourth-order valence-corrected chi connectivity index (χ4v) is 2.29. The maximum atomic E-state index is 8.85. The lowest BCUT2D eigenvalue weighted by Gasteiger charge is -2.00. The number of hydrogen-bond acceptors (Lipinski definition) is 4. The summed E-state index contributed by atoms with van der Waals surface area (Å²) in [4.78, 5) is 4.62. The molecule has 0 fully saturated rings. The van der Waals surface area contributed by atoms with Crippen molar-refractivity contribution in [2.45, 2.75) is 6.54 Å². The molecular formula is C18H19ClN2O2. The summed E-state index contributed by atoms with van der Waals surface area (Å²) in [5.74, 6) is 1.39. The molecule has 0 saturated heterocycles. The van der Waals surface area contributed by atoms with E-state index in [0.717, 1.165) is 22.6 Å². The summed E-state index contributed by atoms with van der Waals surface area (Å²) in [6, 6.07) is 20.0. The number of nitrogens with zero attached hydrogens (tertiary/aromatic N) is 1. The van der Waals surface area contributed by atoms with Crippen molar-refractivity contribution in [3.8, 4) is 22.6 Å². The molecule has 0 unspecified atom stereocenters. The Morgan fingerprint density at radius 2 is 1.52 bits per heavy atom. The number of rotatable bonds is 6. The molecule has 1 heterocycles. The van der Waals surface area contributed by atoms with E-state index < -0.39 is 0 Å². The molecular weight excluding hydrogens is 312 g/mol. The highest BCUT2D eigenvalue weighted by Crippen LogP contribution is 2.32. The van der Waals surface area contributed by atoms with Crippen LogP contribution in [0.2, 0.25) is 0 Å². The Morgan fingerprint density at radius 3 is 2.13 bits per heavy atom. The first kappa shape index (κ1) is 17.2. The van der Waals surface area contributed by atoms with Crippen LogP contribution in [0.1, 0.15) is 5.89 Å². The van der Waals surface area contributed by atoms with Crippen molar-refractivity contribution in [2.75, 3.05) is 13.2 Å². The van der Waals surface area contributed by atoms with Gasteiger partial charge >= 0.3 is 0 Å². The zero-order chi connectivity index (χ0) is 15.2. The quantitative estimate of drug-likeness (QED) is 0.679. The summed E-state index contributed by atoms with van der Waals surface area (Å²) in [7, 11) is 0. The lowest BCUT2D eigenvalue weighted by molar-refractivity contribution is 0.289. The molecule has 0 aliphatic carbocycles. The summed E-state index contributed by atoms with van der Waals surface area (Å²) in [5, 5.41) is 11.9. The van der Waals surface area contributed by atoms with E-state index in [2.05, 4.69) is 10.3 Å². The fourth-order valence-electron chi connectivity index (χ4n) is 2.29. The topological polar surface area (TPSA) is 58.3 Å². The van der Waals surface area contributed by atoms with Gasteiger partial charge in [0.2, 0.25) is 5.89 Å². The van der Waals surface area contributed by atoms with E-state index in [-0.39, 0.29) is 19.0 Å². The lowest BCUT2D eigenvalue weighted by atomic mass is 10.1. The lowest BCUT2D eigenvalue weighted by Crippen LogP contribution is -2.17. The minimum atomic E-state index is 0. The van der Waals surface area contributed by atoms with Crippen molar-refractivity contribution >= 4 is 12.4 Å². The number of nitrogens with one attached hydrogen (secondary N) is 1. The highest BCUT2D eigenvalue weighted by molar-refractivity contribution is 5.85. The molecule has 4 nitrogen and oxygen atoms in total. The van der Waals surface area contributed by atoms with Crippen LogP contribution in [0.25, 0.3) is 22.6 Å². The molecule has 1 aromatic heterocycles. The maximum absolute atomic E-state index is 8.85. The maximum Gasteiger partial charge on any atom is 0.209 e. The highest BCUT2D eigenvalue weighted by Gasteiger charge is 2.16. The van der Waals surface area contributed by atoms with E-state index in [1.54, 1.807) is 0 Å². The van der Waals surface area contributed by atoms with Crippen LogP contribution in [0.3, 0.4) is 0 Å². The molecule has 2 N–H and O–H groups in total. The molecule has 0 atom stereocenters. The van der Waals surface area contributed by atoms with Crippen molar-refractivity contribution in [3.05, 3.63) is 66.6 Å². The van der Waals surface area contributed by atoms with E-state index in [9.17, 15) is 0 Å². The second kappa shape index (κ2) is 8.48. The first-order chi connectivity index (χ1) is 10.9. The van der Waals surface area contributed by atoms with Gasteiger partial charge in [0.15, 0.2) is 5.76 Å². The SMILES string of the molecule is Cl.OCCNCc1nc(-c2ccccc2)c(-c2ccccc2)o1. The first-order valence-corrected chi connectivity index (χ1v) is 7.30. The average molecular weight is 331 g/mol. The second-order valence-electron chi connectivity index (χ2n) is 4.92. The van der Waals surface area contributed by atoms with Crippen LogP contribution in [-0.2, 0) is 6.54 Å². The van der Waals surface area contributed by atoms with Crippen LogP contribution in [-0.4, -0.2) is 23.2 Å². The van der Waals surface area contributed by atoms with Gasteiger partial charge in [0.1, 0.15) is 5.69 Å². The Morgan fingerprint density at radius 1 is 0.913 bits per heavy atom. The van der Waals surface area contributed by atoms with Gasteiger partial charge in [-0.15, -0.1) is 12.4 Å². The third kappa shape index (κ3) is 4.20. The van der Waals surface area contributed by atoms with Crippen LogP contribution in [0, 0.1) is 0 Å². The number of oxazole rings is 1. The van der Waals surface area contributed by atoms with Crippen molar-refractivity contribution in [1.29, 1.82) is 0 Å². The second-order valence-corrected chi connectivity index (χ2v) is 4.92. The molecule has 0 aliphatic heterocycles. The summed E-state index contributed by atoms with van der Waals surface area (Å²) >= 11 is 0. The zero-order valence-corrected chi connectivity index (χ0v) is 13.4. The summed E-state index contributed by atoms with van der Waals surface area (Å²) in [6.45, 7) is 1.11.